The standard InChI is InChI=1S/C18H21N3O3S/c1-21(11-12-9-14(20-19-12)15-5-4-8-25-15)17(23)13-10-16(22)24-18(13)6-2-3-7-18/h4-5,8-9,13H,2-3,6-7,10-11H2,1H3,(H,19,20). The number of carbonyl (C=O) groups excluding carboxylic acids is 2. The molecule has 2 fully saturated rings. The second-order valence-electron chi connectivity index (χ2n) is 6.95. The molecule has 132 valence electrons. The molecule has 1 saturated carbocycles. The van der Waals surface area contributed by atoms with Crippen molar-refractivity contribution < 1.29 is 14.3 Å². The molecule has 1 N–H and O–H groups in total. The fourth-order valence-corrected chi connectivity index (χ4v) is 4.71. The van der Waals surface area contributed by atoms with Crippen molar-refractivity contribution in [2.75, 3.05) is 7.05 Å². The molecule has 1 atom stereocenters. The van der Waals surface area contributed by atoms with Gasteiger partial charge in [-0.2, -0.15) is 5.10 Å². The Morgan fingerprint density at radius 3 is 3.00 bits per heavy atom. The predicted octanol–water partition coefficient (Wildman–Crippen LogP) is 2.97. The van der Waals surface area contributed by atoms with E-state index in [2.05, 4.69) is 10.2 Å². The molecule has 7 heteroatoms. The van der Waals surface area contributed by atoms with Crippen LogP contribution in [-0.4, -0.2) is 39.6 Å². The lowest BCUT2D eigenvalue weighted by atomic mass is 9.84. The van der Waals surface area contributed by atoms with Crippen LogP contribution in [0.25, 0.3) is 10.6 Å². The third-order valence-electron chi connectivity index (χ3n) is 5.26. The van der Waals surface area contributed by atoms with E-state index in [0.717, 1.165) is 41.9 Å². The zero-order chi connectivity index (χ0) is 17.4. The van der Waals surface area contributed by atoms with Crippen LogP contribution in [-0.2, 0) is 20.9 Å². The Morgan fingerprint density at radius 1 is 1.48 bits per heavy atom. The molecule has 2 aromatic rings. The Morgan fingerprint density at radius 2 is 2.28 bits per heavy atom. The van der Waals surface area contributed by atoms with Crippen molar-refractivity contribution in [3.05, 3.63) is 29.3 Å². The van der Waals surface area contributed by atoms with Crippen LogP contribution in [0.1, 0.15) is 37.8 Å². The van der Waals surface area contributed by atoms with Crippen molar-refractivity contribution >= 4 is 23.2 Å². The number of thiophene rings is 1. The number of aromatic nitrogens is 2. The Labute approximate surface area is 150 Å². The van der Waals surface area contributed by atoms with E-state index in [1.54, 1.807) is 23.3 Å². The van der Waals surface area contributed by atoms with Gasteiger partial charge in [0.2, 0.25) is 5.91 Å². The number of rotatable bonds is 4. The third kappa shape index (κ3) is 2.97. The highest BCUT2D eigenvalue weighted by Gasteiger charge is 2.54. The molecule has 0 aromatic carbocycles. The maximum Gasteiger partial charge on any atom is 0.307 e. The lowest BCUT2D eigenvalue weighted by Gasteiger charge is -2.30. The van der Waals surface area contributed by atoms with Gasteiger partial charge in [-0.3, -0.25) is 14.7 Å². The van der Waals surface area contributed by atoms with E-state index >= 15 is 0 Å². The van der Waals surface area contributed by atoms with E-state index in [1.807, 2.05) is 23.6 Å². The minimum absolute atomic E-state index is 0.0139. The summed E-state index contributed by atoms with van der Waals surface area (Å²) in [7, 11) is 1.78. The number of carbonyl (C=O) groups is 2. The van der Waals surface area contributed by atoms with Gasteiger partial charge in [-0.25, -0.2) is 0 Å². The van der Waals surface area contributed by atoms with Crippen LogP contribution in [0.5, 0.6) is 0 Å². The number of aromatic amines is 1. The van der Waals surface area contributed by atoms with E-state index in [4.69, 9.17) is 4.74 Å². The van der Waals surface area contributed by atoms with Crippen molar-refractivity contribution in [2.45, 2.75) is 44.2 Å². The summed E-state index contributed by atoms with van der Waals surface area (Å²) in [5.41, 5.74) is 1.21. The van der Waals surface area contributed by atoms with Gasteiger partial charge in [0.1, 0.15) is 11.3 Å². The lowest BCUT2D eigenvalue weighted by molar-refractivity contribution is -0.151. The first-order valence-corrected chi connectivity index (χ1v) is 9.50. The van der Waals surface area contributed by atoms with Gasteiger partial charge in [0, 0.05) is 7.05 Å². The van der Waals surface area contributed by atoms with E-state index in [1.165, 1.54) is 0 Å². The van der Waals surface area contributed by atoms with Crippen molar-refractivity contribution in [1.82, 2.24) is 15.1 Å². The van der Waals surface area contributed by atoms with Crippen LogP contribution >= 0.6 is 11.3 Å². The Balaban J connectivity index is 1.46. The lowest BCUT2D eigenvalue weighted by Crippen LogP contribution is -2.43. The SMILES string of the molecule is CN(Cc1cc(-c2cccs2)n[nH]1)C(=O)C1CC(=O)OC12CCCC2. The highest BCUT2D eigenvalue weighted by Crippen LogP contribution is 2.46. The zero-order valence-corrected chi connectivity index (χ0v) is 15.0. The Hall–Kier alpha value is -2.15. The minimum atomic E-state index is -0.557. The molecule has 1 aliphatic carbocycles. The average molecular weight is 359 g/mol. The first-order chi connectivity index (χ1) is 12.1. The fraction of sp³-hybridized carbons (Fsp3) is 0.500. The van der Waals surface area contributed by atoms with Crippen LogP contribution in [0.4, 0.5) is 0 Å². The van der Waals surface area contributed by atoms with Crippen LogP contribution in [0.3, 0.4) is 0 Å². The van der Waals surface area contributed by atoms with Crippen molar-refractivity contribution in [2.24, 2.45) is 5.92 Å². The molecule has 2 aliphatic rings. The van der Waals surface area contributed by atoms with Crippen LogP contribution in [0.15, 0.2) is 23.6 Å². The Kier molecular flexibility index (Phi) is 4.11. The molecule has 1 saturated heterocycles. The summed E-state index contributed by atoms with van der Waals surface area (Å²) in [4.78, 5) is 27.6. The number of hydrogen-bond donors (Lipinski definition) is 1. The quantitative estimate of drug-likeness (QED) is 0.852. The van der Waals surface area contributed by atoms with Crippen LogP contribution in [0.2, 0.25) is 0 Å². The van der Waals surface area contributed by atoms with Gasteiger partial charge in [0.25, 0.3) is 0 Å². The maximum atomic E-state index is 13.0. The molecule has 6 nitrogen and oxygen atoms in total. The normalized spacial score (nSPS) is 21.6. The fourth-order valence-electron chi connectivity index (χ4n) is 4.02. The molecule has 1 unspecified atom stereocenters. The molecular weight excluding hydrogens is 338 g/mol. The van der Waals surface area contributed by atoms with Crippen molar-refractivity contribution in [1.29, 1.82) is 0 Å². The maximum absolute atomic E-state index is 13.0. The molecule has 1 amide bonds. The van der Waals surface area contributed by atoms with Crippen molar-refractivity contribution in [3.63, 3.8) is 0 Å². The number of hydrogen-bond acceptors (Lipinski definition) is 5. The predicted molar refractivity (Wildman–Crippen MR) is 93.8 cm³/mol. The van der Waals surface area contributed by atoms with E-state index < -0.39 is 5.60 Å². The van der Waals surface area contributed by atoms with E-state index in [0.29, 0.717) is 6.54 Å². The number of esters is 1. The monoisotopic (exact) mass is 359 g/mol. The van der Waals surface area contributed by atoms with Gasteiger partial charge in [-0.1, -0.05) is 6.07 Å². The Bertz CT molecular complexity index is 777. The molecule has 0 radical (unpaired) electrons. The first-order valence-electron chi connectivity index (χ1n) is 8.62. The molecule has 2 aromatic heterocycles. The third-order valence-corrected chi connectivity index (χ3v) is 6.15. The zero-order valence-electron chi connectivity index (χ0n) is 14.2. The summed E-state index contributed by atoms with van der Waals surface area (Å²) in [6.45, 7) is 0.442. The number of ether oxygens (including phenoxy) is 1. The first kappa shape index (κ1) is 16.3. The van der Waals surface area contributed by atoms with Gasteiger partial charge in [-0.05, 0) is 43.2 Å². The highest BCUT2D eigenvalue weighted by molar-refractivity contribution is 7.13. The summed E-state index contributed by atoms with van der Waals surface area (Å²) >= 11 is 1.63. The second-order valence-corrected chi connectivity index (χ2v) is 7.90. The van der Waals surface area contributed by atoms with Gasteiger partial charge in [-0.15, -0.1) is 11.3 Å². The molecule has 3 heterocycles. The summed E-state index contributed by atoms with van der Waals surface area (Å²) in [6.07, 6.45) is 3.84. The molecule has 4 rings (SSSR count). The minimum Gasteiger partial charge on any atom is -0.458 e. The smallest absolute Gasteiger partial charge is 0.307 e. The van der Waals surface area contributed by atoms with Crippen molar-refractivity contribution in [3.8, 4) is 10.6 Å². The molecule has 25 heavy (non-hydrogen) atoms. The number of amides is 1. The van der Waals surface area contributed by atoms with Gasteiger partial charge < -0.3 is 9.64 Å². The largest absolute Gasteiger partial charge is 0.458 e. The number of nitrogens with one attached hydrogen (secondary N) is 1. The summed E-state index contributed by atoms with van der Waals surface area (Å²) in [6, 6.07) is 5.98. The van der Waals surface area contributed by atoms with Crippen LogP contribution in [0, 0.1) is 5.92 Å². The molecular formula is C18H21N3O3S. The summed E-state index contributed by atoms with van der Waals surface area (Å²) < 4.78 is 5.59. The average Bonchev–Trinajstić information content (AvgIpc) is 3.35. The van der Waals surface area contributed by atoms with Gasteiger partial charge >= 0.3 is 5.97 Å². The highest BCUT2D eigenvalue weighted by atomic mass is 32.1. The van der Waals surface area contributed by atoms with Gasteiger partial charge in [0.05, 0.1) is 29.5 Å². The number of nitrogens with zero attached hydrogens (tertiary/aromatic N) is 2. The topological polar surface area (TPSA) is 75.3 Å². The van der Waals surface area contributed by atoms with E-state index in [9.17, 15) is 9.59 Å². The number of H-pyrrole nitrogens is 1. The molecule has 1 spiro atoms. The second kappa shape index (κ2) is 6.29. The van der Waals surface area contributed by atoms with E-state index in [-0.39, 0.29) is 24.2 Å². The molecule has 1 aliphatic heterocycles. The molecule has 0 bridgehead atoms. The van der Waals surface area contributed by atoms with Gasteiger partial charge in [0.15, 0.2) is 0 Å². The summed E-state index contributed by atoms with van der Waals surface area (Å²) in [5.74, 6) is -0.609. The summed E-state index contributed by atoms with van der Waals surface area (Å²) in [5, 5.41) is 9.34. The van der Waals surface area contributed by atoms with Crippen LogP contribution < -0.4 is 0 Å².